The fourth-order valence-electron chi connectivity index (χ4n) is 2.86. The average Bonchev–Trinajstić information content (AvgIpc) is 2.47. The maximum Gasteiger partial charge on any atom is 0.353 e. The highest BCUT2D eigenvalue weighted by molar-refractivity contribution is 6.44. The van der Waals surface area contributed by atoms with Crippen molar-refractivity contribution in [2.24, 2.45) is 0 Å². The zero-order chi connectivity index (χ0) is 16.2. The molecule has 0 spiro atoms. The third kappa shape index (κ3) is 2.43. The van der Waals surface area contributed by atoms with Crippen LogP contribution in [0.1, 0.15) is 6.42 Å². The van der Waals surface area contributed by atoms with Gasteiger partial charge in [-0.15, -0.1) is 0 Å². The number of hydrogen-bond donors (Lipinski definition) is 3. The molecule has 1 aromatic rings. The van der Waals surface area contributed by atoms with Crippen LogP contribution in [0.5, 0.6) is 0 Å². The van der Waals surface area contributed by atoms with Crippen LogP contribution in [0.25, 0.3) is 0 Å². The van der Waals surface area contributed by atoms with E-state index >= 15 is 0 Å². The van der Waals surface area contributed by atoms with Gasteiger partial charge in [0.25, 0.3) is 0 Å². The molecule has 4 N–H and O–H groups in total. The zero-order valence-electron chi connectivity index (χ0n) is 12.9. The fourth-order valence-corrected chi connectivity index (χ4v) is 2.86. The molecule has 13 heteroatoms. The minimum atomic E-state index is -1.30. The van der Waals surface area contributed by atoms with Crippen molar-refractivity contribution in [2.75, 3.05) is 5.73 Å². The second-order valence-corrected chi connectivity index (χ2v) is 6.41. The van der Waals surface area contributed by atoms with E-state index in [1.54, 1.807) is 39.2 Å². The third-order valence-corrected chi connectivity index (χ3v) is 4.33. The number of anilines is 1. The maximum atomic E-state index is 12.1. The average molecular weight is 287 g/mol. The Balaban J connectivity index is 2.55. The van der Waals surface area contributed by atoms with Gasteiger partial charge in [0.2, 0.25) is 5.95 Å². The van der Waals surface area contributed by atoms with Crippen LogP contribution in [-0.2, 0) is 10.4 Å². The van der Waals surface area contributed by atoms with Gasteiger partial charge in [-0.1, -0.05) is 0 Å². The lowest BCUT2D eigenvalue weighted by Crippen LogP contribution is -2.62. The smallest absolute Gasteiger partial charge is 0.353 e. The van der Waals surface area contributed by atoms with Crippen molar-refractivity contribution in [3.05, 3.63) is 10.5 Å². The van der Waals surface area contributed by atoms with E-state index in [2.05, 4.69) is 9.97 Å². The maximum absolute atomic E-state index is 12.1. The molecule has 0 radical (unpaired) electrons. The van der Waals surface area contributed by atoms with Gasteiger partial charge < -0.3 is 20.7 Å². The van der Waals surface area contributed by atoms with Crippen molar-refractivity contribution in [2.45, 2.75) is 29.0 Å². The van der Waals surface area contributed by atoms with Crippen molar-refractivity contribution in [1.29, 1.82) is 0 Å². The molecule has 0 saturated carbocycles. The summed E-state index contributed by atoms with van der Waals surface area (Å²) >= 11 is 0. The van der Waals surface area contributed by atoms with Crippen LogP contribution in [0.3, 0.4) is 0 Å². The first-order valence-corrected chi connectivity index (χ1v) is 6.75. The Kier molecular flexibility index (Phi) is 3.59. The molecule has 1 aliphatic rings. The number of aliphatic hydroxyl groups excluding tert-OH is 1. The first-order chi connectivity index (χ1) is 9.41. The molecular weight excluding hydrogens is 270 g/mol. The molecule has 8 nitrogen and oxygen atoms in total. The Morgan fingerprint density at radius 3 is 2.43 bits per heavy atom. The summed E-state index contributed by atoms with van der Waals surface area (Å²) in [6, 6.07) is 0. The summed E-state index contributed by atoms with van der Waals surface area (Å²) in [5.41, 5.74) is 2.80. The van der Waals surface area contributed by atoms with Crippen LogP contribution < -0.4 is 17.1 Å². The van der Waals surface area contributed by atoms with Gasteiger partial charge in [-0.2, -0.15) is 4.98 Å². The van der Waals surface area contributed by atoms with Gasteiger partial charge in [0.15, 0.2) is 15.7 Å². The van der Waals surface area contributed by atoms with E-state index in [9.17, 15) is 15.0 Å². The lowest BCUT2D eigenvalue weighted by atomic mass is 9.48. The topological polar surface area (TPSA) is 123 Å². The van der Waals surface area contributed by atoms with Gasteiger partial charge in [0.05, 0.1) is 17.3 Å². The molecule has 3 atom stereocenters. The molecular formula is C8H17B5N4O4. The van der Waals surface area contributed by atoms with E-state index in [1.807, 2.05) is 0 Å². The van der Waals surface area contributed by atoms with Crippen LogP contribution in [-0.4, -0.2) is 81.0 Å². The summed E-state index contributed by atoms with van der Waals surface area (Å²) in [6.45, 7) is 0. The second-order valence-electron chi connectivity index (χ2n) is 6.41. The number of nitrogens with zero attached hydrogens (tertiary/aromatic N) is 3. The quantitative estimate of drug-likeness (QED) is 0.461. The van der Waals surface area contributed by atoms with Gasteiger partial charge in [0, 0.05) is 11.8 Å². The summed E-state index contributed by atoms with van der Waals surface area (Å²) in [6.07, 6.45) is -0.826. The summed E-state index contributed by atoms with van der Waals surface area (Å²) in [5, 5.41) is 19.3. The largest absolute Gasteiger partial charge is 0.405 e. The SMILES string of the molecule is Bc1nc(N)nc(=O)n1C1(B)C[C@@H](O)[C@@](B)(C(B)(B)O)O1. The number of aliphatic hydroxyl groups is 2. The third-order valence-electron chi connectivity index (χ3n) is 4.33. The van der Waals surface area contributed by atoms with E-state index in [0.717, 1.165) is 0 Å². The van der Waals surface area contributed by atoms with E-state index in [-0.39, 0.29) is 12.4 Å². The van der Waals surface area contributed by atoms with Crippen LogP contribution in [0.15, 0.2) is 4.79 Å². The Morgan fingerprint density at radius 2 is 2.00 bits per heavy atom. The predicted octanol–water partition coefficient (Wildman–Crippen LogP) is -8.25. The lowest BCUT2D eigenvalue weighted by molar-refractivity contribution is -0.120. The van der Waals surface area contributed by atoms with Crippen LogP contribution >= 0.6 is 0 Å². The Morgan fingerprint density at radius 1 is 1.43 bits per heavy atom. The molecule has 1 unspecified atom stereocenters. The van der Waals surface area contributed by atoms with Gasteiger partial charge in [0.1, 0.15) is 29.2 Å². The molecule has 1 fully saturated rings. The molecule has 1 aliphatic heterocycles. The van der Waals surface area contributed by atoms with Crippen molar-refractivity contribution in [3.8, 4) is 0 Å². The second kappa shape index (κ2) is 4.66. The fraction of sp³-hybridized carbons (Fsp3) is 0.625. The Labute approximate surface area is 126 Å². The van der Waals surface area contributed by atoms with Crippen LogP contribution in [0.2, 0.25) is 0 Å². The van der Waals surface area contributed by atoms with E-state index in [1.165, 1.54) is 4.57 Å². The van der Waals surface area contributed by atoms with E-state index in [4.69, 9.17) is 10.5 Å². The van der Waals surface area contributed by atoms with Crippen molar-refractivity contribution in [3.63, 3.8) is 0 Å². The summed E-state index contributed by atoms with van der Waals surface area (Å²) in [7, 11) is 7.98. The normalized spacial score (nSPS) is 33.1. The standard InChI is InChI=1S/C8H17B5N4O4/c9-3-15-4(14)16-5(19)17(3)6(10)1-2(18)7(11,21-6)8(12,13)20/h2,18,20H,1,9-13H2,(H2,14,16,19)/t2-,6?,7+/m1/s1. The number of nitrogens with two attached hydrogens (primary N) is 1. The summed E-state index contributed by atoms with van der Waals surface area (Å²) in [4.78, 5) is 19.7. The molecule has 1 saturated heterocycles. The van der Waals surface area contributed by atoms with Crippen molar-refractivity contribution >= 4 is 50.9 Å². The predicted molar refractivity (Wildman–Crippen MR) is 90.4 cm³/mol. The lowest BCUT2D eigenvalue weighted by Gasteiger charge is -2.41. The molecule has 0 amide bonds. The molecule has 108 valence electrons. The number of rotatable bonds is 2. The number of nitrogen functional groups attached to an aromatic ring is 1. The van der Waals surface area contributed by atoms with Gasteiger partial charge in [-0.3, -0.25) is 4.57 Å². The first-order valence-electron chi connectivity index (χ1n) is 6.75. The van der Waals surface area contributed by atoms with E-state index in [0.29, 0.717) is 5.72 Å². The minimum absolute atomic E-state index is 0.110. The summed E-state index contributed by atoms with van der Waals surface area (Å²) < 4.78 is 7.20. The monoisotopic (exact) mass is 288 g/mol. The Bertz CT molecular complexity index is 636. The molecule has 0 aromatic carbocycles. The molecule has 2 heterocycles. The highest BCUT2D eigenvalue weighted by Crippen LogP contribution is 2.40. The number of aromatic nitrogens is 3. The highest BCUT2D eigenvalue weighted by atomic mass is 16.6. The minimum Gasteiger partial charge on any atom is -0.405 e. The molecule has 0 bridgehead atoms. The number of hydrogen-bond acceptors (Lipinski definition) is 7. The van der Waals surface area contributed by atoms with Gasteiger partial charge in [-0.05, 0) is 0 Å². The van der Waals surface area contributed by atoms with Gasteiger partial charge >= 0.3 is 5.69 Å². The highest BCUT2D eigenvalue weighted by Gasteiger charge is 2.57. The van der Waals surface area contributed by atoms with Crippen molar-refractivity contribution < 1.29 is 14.9 Å². The number of ether oxygens (including phenoxy) is 1. The zero-order valence-corrected chi connectivity index (χ0v) is 12.9. The molecule has 2 rings (SSSR count). The van der Waals surface area contributed by atoms with Crippen LogP contribution in [0.4, 0.5) is 5.95 Å². The van der Waals surface area contributed by atoms with Crippen LogP contribution in [0, 0.1) is 0 Å². The van der Waals surface area contributed by atoms with Gasteiger partial charge in [-0.25, -0.2) is 9.78 Å². The summed E-state index contributed by atoms with van der Waals surface area (Å²) in [5.74, 6) is -0.110. The first kappa shape index (κ1) is 16.2. The molecule has 1 aromatic heterocycles. The van der Waals surface area contributed by atoms with E-state index < -0.39 is 28.3 Å². The van der Waals surface area contributed by atoms with Crippen molar-refractivity contribution in [1.82, 2.24) is 14.5 Å². The molecule has 21 heavy (non-hydrogen) atoms. The molecule has 0 aliphatic carbocycles. The Hall–Kier alpha value is -1.19.